The van der Waals surface area contributed by atoms with Crippen LogP contribution in [0.25, 0.3) is 0 Å². The van der Waals surface area contributed by atoms with Crippen LogP contribution >= 0.6 is 0 Å². The van der Waals surface area contributed by atoms with Gasteiger partial charge in [-0.05, 0) is 62.8 Å². The molecule has 0 spiro atoms. The molecule has 2 aliphatic rings. The van der Waals surface area contributed by atoms with Crippen LogP contribution in [-0.4, -0.2) is 27.6 Å². The number of ether oxygens (including phenoxy) is 1. The number of aryl methyl sites for hydroxylation is 2. The summed E-state index contributed by atoms with van der Waals surface area (Å²) in [5.74, 6) is 1.08. The third kappa shape index (κ3) is 2.54. The van der Waals surface area contributed by atoms with Crippen molar-refractivity contribution in [2.75, 3.05) is 7.11 Å². The molecule has 0 N–H and O–H groups in total. The van der Waals surface area contributed by atoms with Crippen LogP contribution in [0.5, 0.6) is 5.75 Å². The monoisotopic (exact) mass is 306 g/mol. The lowest BCUT2D eigenvalue weighted by atomic mass is 9.86. The molecule has 2 aliphatic heterocycles. The molecule has 2 fully saturated rings. The largest absolute Gasteiger partial charge is 0.497 e. The first-order valence-corrected chi connectivity index (χ1v) is 8.87. The molecule has 21 heavy (non-hydrogen) atoms. The SMILES string of the molecule is COc1cc(C)c(C(=O)C2CC3CCC(C2)S3=O)c(C)c1. The zero-order chi connectivity index (χ0) is 15.1. The summed E-state index contributed by atoms with van der Waals surface area (Å²) in [5, 5.41) is 0.494. The molecule has 114 valence electrons. The minimum atomic E-state index is -0.700. The van der Waals surface area contributed by atoms with Crippen molar-refractivity contribution in [3.8, 4) is 5.75 Å². The molecule has 2 saturated heterocycles. The normalized spacial score (nSPS) is 31.2. The van der Waals surface area contributed by atoms with Gasteiger partial charge >= 0.3 is 0 Å². The first-order chi connectivity index (χ1) is 10.0. The van der Waals surface area contributed by atoms with Gasteiger partial charge in [-0.2, -0.15) is 0 Å². The summed E-state index contributed by atoms with van der Waals surface area (Å²) in [6.07, 6.45) is 3.66. The Labute approximate surface area is 128 Å². The van der Waals surface area contributed by atoms with Gasteiger partial charge in [-0.3, -0.25) is 9.00 Å². The number of fused-ring (bicyclic) bond motifs is 2. The van der Waals surface area contributed by atoms with Gasteiger partial charge in [0.1, 0.15) is 5.75 Å². The molecular formula is C17H22O3S. The fourth-order valence-corrected chi connectivity index (χ4v) is 6.01. The van der Waals surface area contributed by atoms with Gasteiger partial charge in [0.2, 0.25) is 0 Å². The second-order valence-corrected chi connectivity index (χ2v) is 8.31. The van der Waals surface area contributed by atoms with E-state index in [0.29, 0.717) is 0 Å². The minimum absolute atomic E-state index is 0.0472. The van der Waals surface area contributed by atoms with E-state index in [1.165, 1.54) is 0 Å². The van der Waals surface area contributed by atoms with Crippen molar-refractivity contribution in [1.29, 1.82) is 0 Å². The summed E-state index contributed by atoms with van der Waals surface area (Å²) >= 11 is 0. The Balaban J connectivity index is 1.88. The number of hydrogen-bond acceptors (Lipinski definition) is 3. The van der Waals surface area contributed by atoms with Crippen molar-refractivity contribution in [2.45, 2.75) is 50.0 Å². The maximum atomic E-state index is 12.9. The molecule has 2 atom stereocenters. The number of carbonyl (C=O) groups excluding carboxylic acids is 1. The van der Waals surface area contributed by atoms with Gasteiger partial charge in [-0.1, -0.05) is 0 Å². The standard InChI is InChI=1S/C17H22O3S/c1-10-6-13(20-3)7-11(2)16(10)17(18)12-8-14-4-5-15(9-12)21(14)19/h6-7,12,14-15H,4-5,8-9H2,1-3H3. The van der Waals surface area contributed by atoms with Gasteiger partial charge in [-0.15, -0.1) is 0 Å². The van der Waals surface area contributed by atoms with Gasteiger partial charge < -0.3 is 4.74 Å². The summed E-state index contributed by atoms with van der Waals surface area (Å²) in [5.41, 5.74) is 2.81. The van der Waals surface area contributed by atoms with Crippen molar-refractivity contribution >= 4 is 16.6 Å². The molecule has 0 aliphatic carbocycles. The summed E-state index contributed by atoms with van der Waals surface area (Å²) in [6.45, 7) is 3.94. The molecule has 2 bridgehead atoms. The average molecular weight is 306 g/mol. The van der Waals surface area contributed by atoms with E-state index in [0.717, 1.165) is 48.1 Å². The molecule has 4 heteroatoms. The zero-order valence-electron chi connectivity index (χ0n) is 12.8. The number of methoxy groups -OCH3 is 1. The van der Waals surface area contributed by atoms with Crippen LogP contribution in [0.1, 0.15) is 47.2 Å². The highest BCUT2D eigenvalue weighted by Crippen LogP contribution is 2.40. The Morgan fingerprint density at radius 2 is 1.67 bits per heavy atom. The molecule has 0 radical (unpaired) electrons. The number of carbonyl (C=O) groups is 1. The maximum absolute atomic E-state index is 12.9. The summed E-state index contributed by atoms with van der Waals surface area (Å²) in [4.78, 5) is 12.9. The molecule has 1 aromatic rings. The fourth-order valence-electron chi connectivity index (χ4n) is 3.88. The number of hydrogen-bond donors (Lipinski definition) is 0. The summed E-state index contributed by atoms with van der Waals surface area (Å²) in [6, 6.07) is 3.85. The van der Waals surface area contributed by atoms with Crippen LogP contribution in [0.4, 0.5) is 0 Å². The van der Waals surface area contributed by atoms with Gasteiger partial charge in [0, 0.05) is 32.8 Å². The van der Waals surface area contributed by atoms with Crippen molar-refractivity contribution in [3.05, 3.63) is 28.8 Å². The highest BCUT2D eigenvalue weighted by Gasteiger charge is 2.43. The lowest BCUT2D eigenvalue weighted by molar-refractivity contribution is 0.0905. The third-order valence-corrected chi connectivity index (χ3v) is 7.09. The molecule has 0 saturated carbocycles. The molecule has 0 amide bonds. The summed E-state index contributed by atoms with van der Waals surface area (Å²) < 4.78 is 17.4. The highest BCUT2D eigenvalue weighted by atomic mass is 32.2. The molecule has 2 unspecified atom stereocenters. The molecule has 1 aromatic carbocycles. The predicted molar refractivity (Wildman–Crippen MR) is 84.5 cm³/mol. The van der Waals surface area contributed by atoms with Crippen molar-refractivity contribution < 1.29 is 13.7 Å². The third-order valence-electron chi connectivity index (χ3n) is 4.92. The molecule has 3 nitrogen and oxygen atoms in total. The van der Waals surface area contributed by atoms with Crippen LogP contribution < -0.4 is 4.74 Å². The van der Waals surface area contributed by atoms with Crippen LogP contribution in [-0.2, 0) is 10.8 Å². The quantitative estimate of drug-likeness (QED) is 0.806. The molecular weight excluding hydrogens is 284 g/mol. The van der Waals surface area contributed by atoms with E-state index in [1.54, 1.807) is 7.11 Å². The molecule has 3 rings (SSSR count). The smallest absolute Gasteiger partial charge is 0.166 e. The van der Waals surface area contributed by atoms with Crippen LogP contribution in [0.2, 0.25) is 0 Å². The Kier molecular flexibility index (Phi) is 3.91. The van der Waals surface area contributed by atoms with Gasteiger partial charge in [0.15, 0.2) is 5.78 Å². The first-order valence-electron chi connectivity index (χ1n) is 7.60. The van der Waals surface area contributed by atoms with Crippen LogP contribution in [0.15, 0.2) is 12.1 Å². The molecule has 0 aromatic heterocycles. The second kappa shape index (κ2) is 5.56. The van der Waals surface area contributed by atoms with E-state index in [1.807, 2.05) is 26.0 Å². The van der Waals surface area contributed by atoms with Gasteiger partial charge in [0.05, 0.1) is 7.11 Å². The number of ketones is 1. The summed E-state index contributed by atoms with van der Waals surface area (Å²) in [7, 11) is 0.942. The highest BCUT2D eigenvalue weighted by molar-refractivity contribution is 7.86. The van der Waals surface area contributed by atoms with Crippen molar-refractivity contribution in [3.63, 3.8) is 0 Å². The maximum Gasteiger partial charge on any atom is 0.166 e. The van der Waals surface area contributed by atoms with E-state index >= 15 is 0 Å². The van der Waals surface area contributed by atoms with E-state index < -0.39 is 10.8 Å². The van der Waals surface area contributed by atoms with Crippen LogP contribution in [0, 0.1) is 19.8 Å². The van der Waals surface area contributed by atoms with E-state index in [-0.39, 0.29) is 22.2 Å². The zero-order valence-corrected chi connectivity index (χ0v) is 13.7. The predicted octanol–water partition coefficient (Wildman–Crippen LogP) is 3.18. The van der Waals surface area contributed by atoms with Gasteiger partial charge in [0.25, 0.3) is 0 Å². The van der Waals surface area contributed by atoms with Gasteiger partial charge in [-0.25, -0.2) is 0 Å². The Bertz CT molecular complexity index is 569. The van der Waals surface area contributed by atoms with E-state index in [4.69, 9.17) is 4.74 Å². The minimum Gasteiger partial charge on any atom is -0.497 e. The Morgan fingerprint density at radius 3 is 2.14 bits per heavy atom. The van der Waals surface area contributed by atoms with Crippen molar-refractivity contribution in [2.24, 2.45) is 5.92 Å². The number of rotatable bonds is 3. The van der Waals surface area contributed by atoms with Crippen LogP contribution in [0.3, 0.4) is 0 Å². The van der Waals surface area contributed by atoms with Crippen molar-refractivity contribution in [1.82, 2.24) is 0 Å². The Hall–Kier alpha value is -1.16. The van der Waals surface area contributed by atoms with E-state index in [2.05, 4.69) is 0 Å². The first kappa shape index (κ1) is 14.8. The lowest BCUT2D eigenvalue weighted by Gasteiger charge is -2.27. The average Bonchev–Trinajstić information content (AvgIpc) is 2.67. The number of benzene rings is 1. The molecule has 2 heterocycles. The van der Waals surface area contributed by atoms with E-state index in [9.17, 15) is 9.00 Å². The topological polar surface area (TPSA) is 43.4 Å². The second-order valence-electron chi connectivity index (χ2n) is 6.32. The number of Topliss-reactive ketones (excluding diaryl/α,β-unsaturated/α-hetero) is 1. The Morgan fingerprint density at radius 1 is 1.14 bits per heavy atom. The lowest BCUT2D eigenvalue weighted by Crippen LogP contribution is -2.32. The fraction of sp³-hybridized carbons (Fsp3) is 0.588.